The lowest BCUT2D eigenvalue weighted by Gasteiger charge is -2.12. The van der Waals surface area contributed by atoms with Gasteiger partial charge in [-0.3, -0.25) is 4.79 Å². The van der Waals surface area contributed by atoms with E-state index in [1.807, 2.05) is 57.2 Å². The van der Waals surface area contributed by atoms with Crippen LogP contribution in [0.15, 0.2) is 36.4 Å². The van der Waals surface area contributed by atoms with Gasteiger partial charge in [0.05, 0.1) is 10.7 Å². The first-order valence-corrected chi connectivity index (χ1v) is 7.09. The van der Waals surface area contributed by atoms with E-state index in [0.29, 0.717) is 16.5 Å². The zero-order chi connectivity index (χ0) is 15.4. The average molecular weight is 304 g/mol. The quantitative estimate of drug-likeness (QED) is 0.915. The Kier molecular flexibility index (Phi) is 4.86. The number of anilines is 1. The van der Waals surface area contributed by atoms with Crippen molar-refractivity contribution in [3.63, 3.8) is 0 Å². The predicted molar refractivity (Wildman–Crippen MR) is 86.2 cm³/mol. The Hall–Kier alpha value is -2.00. The molecule has 0 radical (unpaired) electrons. The molecule has 3 nitrogen and oxygen atoms in total. The molecule has 2 rings (SSSR count). The van der Waals surface area contributed by atoms with E-state index >= 15 is 0 Å². The second kappa shape index (κ2) is 6.64. The van der Waals surface area contributed by atoms with Gasteiger partial charge in [0.2, 0.25) is 0 Å². The summed E-state index contributed by atoms with van der Waals surface area (Å²) in [4.78, 5) is 11.9. The molecule has 4 heteroatoms. The van der Waals surface area contributed by atoms with Crippen molar-refractivity contribution in [1.82, 2.24) is 0 Å². The highest BCUT2D eigenvalue weighted by Crippen LogP contribution is 2.27. The molecule has 1 amide bonds. The number of carbonyl (C=O) groups excluding carboxylic acids is 1. The first-order valence-electron chi connectivity index (χ1n) is 6.72. The van der Waals surface area contributed by atoms with E-state index in [2.05, 4.69) is 5.32 Å². The van der Waals surface area contributed by atoms with Crippen molar-refractivity contribution in [3.8, 4) is 5.75 Å². The van der Waals surface area contributed by atoms with Gasteiger partial charge in [-0.1, -0.05) is 35.4 Å². The fourth-order valence-corrected chi connectivity index (χ4v) is 2.40. The van der Waals surface area contributed by atoms with Crippen LogP contribution in [0.3, 0.4) is 0 Å². The van der Waals surface area contributed by atoms with Gasteiger partial charge in [0.1, 0.15) is 5.75 Å². The highest BCUT2D eigenvalue weighted by molar-refractivity contribution is 6.34. The molecule has 0 unspecified atom stereocenters. The van der Waals surface area contributed by atoms with Crippen LogP contribution in [-0.4, -0.2) is 12.5 Å². The van der Waals surface area contributed by atoms with Crippen LogP contribution in [0, 0.1) is 20.8 Å². The van der Waals surface area contributed by atoms with Crippen molar-refractivity contribution < 1.29 is 9.53 Å². The Morgan fingerprint density at radius 1 is 1.10 bits per heavy atom. The van der Waals surface area contributed by atoms with Gasteiger partial charge >= 0.3 is 0 Å². The fourth-order valence-electron chi connectivity index (χ4n) is 2.03. The SMILES string of the molecule is Cc1ccc(OCC(=O)Nc2c(C)cc(C)cc2Cl)cc1. The molecule has 0 aromatic heterocycles. The van der Waals surface area contributed by atoms with Crippen LogP contribution in [0.2, 0.25) is 5.02 Å². The zero-order valence-electron chi connectivity index (χ0n) is 12.4. The lowest BCUT2D eigenvalue weighted by atomic mass is 10.1. The zero-order valence-corrected chi connectivity index (χ0v) is 13.1. The number of carbonyl (C=O) groups is 1. The molecule has 0 atom stereocenters. The number of nitrogens with one attached hydrogen (secondary N) is 1. The van der Waals surface area contributed by atoms with Crippen LogP contribution >= 0.6 is 11.6 Å². The van der Waals surface area contributed by atoms with Gasteiger partial charge in [0, 0.05) is 0 Å². The monoisotopic (exact) mass is 303 g/mol. The van der Waals surface area contributed by atoms with Crippen molar-refractivity contribution in [2.75, 3.05) is 11.9 Å². The number of benzene rings is 2. The van der Waals surface area contributed by atoms with Crippen molar-refractivity contribution in [1.29, 1.82) is 0 Å². The predicted octanol–water partition coefficient (Wildman–Crippen LogP) is 4.28. The molecular weight excluding hydrogens is 286 g/mol. The normalized spacial score (nSPS) is 10.3. The molecule has 0 aliphatic heterocycles. The van der Waals surface area contributed by atoms with Crippen molar-refractivity contribution in [3.05, 3.63) is 58.1 Å². The molecule has 0 fully saturated rings. The average Bonchev–Trinajstić information content (AvgIpc) is 2.42. The minimum Gasteiger partial charge on any atom is -0.484 e. The van der Waals surface area contributed by atoms with Gasteiger partial charge in [-0.15, -0.1) is 0 Å². The Labute approximate surface area is 129 Å². The molecule has 2 aromatic rings. The number of hydrogen-bond donors (Lipinski definition) is 1. The number of rotatable bonds is 4. The Bertz CT molecular complexity index is 627. The number of amides is 1. The van der Waals surface area contributed by atoms with Crippen LogP contribution in [0.5, 0.6) is 5.75 Å². The summed E-state index contributed by atoms with van der Waals surface area (Å²) in [6, 6.07) is 11.4. The largest absolute Gasteiger partial charge is 0.484 e. The van der Waals surface area contributed by atoms with Gasteiger partial charge in [-0.25, -0.2) is 0 Å². The van der Waals surface area contributed by atoms with Gasteiger partial charge in [-0.2, -0.15) is 0 Å². The third-order valence-electron chi connectivity index (χ3n) is 3.09. The highest BCUT2D eigenvalue weighted by atomic mass is 35.5. The first kappa shape index (κ1) is 15.4. The summed E-state index contributed by atoms with van der Waals surface area (Å²) in [6.45, 7) is 5.83. The number of aryl methyl sites for hydroxylation is 3. The molecule has 2 aromatic carbocycles. The Morgan fingerprint density at radius 3 is 2.38 bits per heavy atom. The molecule has 0 spiro atoms. The molecule has 0 aliphatic carbocycles. The summed E-state index contributed by atoms with van der Waals surface area (Å²) < 4.78 is 5.44. The molecular formula is C17H18ClNO2. The molecule has 0 heterocycles. The number of halogens is 1. The second-order valence-corrected chi connectivity index (χ2v) is 5.50. The molecule has 0 aliphatic rings. The van der Waals surface area contributed by atoms with E-state index in [0.717, 1.165) is 16.7 Å². The molecule has 1 N–H and O–H groups in total. The molecule has 0 saturated heterocycles. The summed E-state index contributed by atoms with van der Waals surface area (Å²) in [5.74, 6) is 0.437. The van der Waals surface area contributed by atoms with E-state index in [1.165, 1.54) is 0 Å². The maximum atomic E-state index is 11.9. The van der Waals surface area contributed by atoms with Crippen LogP contribution in [-0.2, 0) is 4.79 Å². The van der Waals surface area contributed by atoms with E-state index in [1.54, 1.807) is 0 Å². The third kappa shape index (κ3) is 4.23. The highest BCUT2D eigenvalue weighted by Gasteiger charge is 2.10. The third-order valence-corrected chi connectivity index (χ3v) is 3.39. The van der Waals surface area contributed by atoms with Crippen LogP contribution in [0.25, 0.3) is 0 Å². The topological polar surface area (TPSA) is 38.3 Å². The molecule has 0 saturated carbocycles. The summed E-state index contributed by atoms with van der Waals surface area (Å²) in [7, 11) is 0. The summed E-state index contributed by atoms with van der Waals surface area (Å²) in [5.41, 5.74) is 3.78. The maximum absolute atomic E-state index is 11.9. The summed E-state index contributed by atoms with van der Waals surface area (Å²) in [6.07, 6.45) is 0. The van der Waals surface area contributed by atoms with Crippen LogP contribution in [0.1, 0.15) is 16.7 Å². The molecule has 110 valence electrons. The Morgan fingerprint density at radius 2 is 1.76 bits per heavy atom. The standard InChI is InChI=1S/C17H18ClNO2/c1-11-4-6-14(7-5-11)21-10-16(20)19-17-13(3)8-12(2)9-15(17)18/h4-9H,10H2,1-3H3,(H,19,20). The Balaban J connectivity index is 1.97. The minimum atomic E-state index is -0.232. The van der Waals surface area contributed by atoms with E-state index < -0.39 is 0 Å². The van der Waals surface area contributed by atoms with Crippen molar-refractivity contribution in [2.24, 2.45) is 0 Å². The minimum absolute atomic E-state index is 0.0489. The van der Waals surface area contributed by atoms with E-state index in [9.17, 15) is 4.79 Å². The fraction of sp³-hybridized carbons (Fsp3) is 0.235. The van der Waals surface area contributed by atoms with Crippen molar-refractivity contribution >= 4 is 23.2 Å². The summed E-state index contributed by atoms with van der Waals surface area (Å²) in [5, 5.41) is 3.33. The second-order valence-electron chi connectivity index (χ2n) is 5.09. The van der Waals surface area contributed by atoms with Gasteiger partial charge in [0.25, 0.3) is 5.91 Å². The lowest BCUT2D eigenvalue weighted by molar-refractivity contribution is -0.118. The number of hydrogen-bond acceptors (Lipinski definition) is 2. The van der Waals surface area contributed by atoms with Crippen molar-refractivity contribution in [2.45, 2.75) is 20.8 Å². The van der Waals surface area contributed by atoms with Gasteiger partial charge in [-0.05, 0) is 50.1 Å². The maximum Gasteiger partial charge on any atom is 0.262 e. The van der Waals surface area contributed by atoms with Gasteiger partial charge < -0.3 is 10.1 Å². The van der Waals surface area contributed by atoms with Gasteiger partial charge in [0.15, 0.2) is 6.61 Å². The molecule has 0 bridgehead atoms. The first-order chi connectivity index (χ1) is 9.95. The summed E-state index contributed by atoms with van der Waals surface area (Å²) >= 11 is 6.16. The van der Waals surface area contributed by atoms with Crippen LogP contribution in [0.4, 0.5) is 5.69 Å². The van der Waals surface area contributed by atoms with E-state index in [-0.39, 0.29) is 12.5 Å². The number of ether oxygens (including phenoxy) is 1. The lowest BCUT2D eigenvalue weighted by Crippen LogP contribution is -2.21. The smallest absolute Gasteiger partial charge is 0.262 e. The molecule has 21 heavy (non-hydrogen) atoms. The van der Waals surface area contributed by atoms with E-state index in [4.69, 9.17) is 16.3 Å². The van der Waals surface area contributed by atoms with Crippen LogP contribution < -0.4 is 10.1 Å².